The molecule has 0 saturated carbocycles. The first-order valence-electron chi connectivity index (χ1n) is 7.58. The third kappa shape index (κ3) is 3.26. The number of urea groups is 1. The molecule has 1 aliphatic heterocycles. The molecule has 5 nitrogen and oxygen atoms in total. The molecule has 24 heavy (non-hydrogen) atoms. The van der Waals surface area contributed by atoms with E-state index in [2.05, 4.69) is 5.32 Å². The highest BCUT2D eigenvalue weighted by atomic mass is 32.2. The Hall–Kier alpha value is -2.41. The predicted molar refractivity (Wildman–Crippen MR) is 89.0 cm³/mol. The number of hydrogen-bond acceptors (Lipinski definition) is 3. The van der Waals surface area contributed by atoms with Gasteiger partial charge in [0.2, 0.25) is 0 Å². The van der Waals surface area contributed by atoms with E-state index < -0.39 is 26.9 Å². The minimum atomic E-state index is -3.48. The molecule has 1 aliphatic rings. The zero-order valence-corrected chi connectivity index (χ0v) is 13.7. The van der Waals surface area contributed by atoms with Gasteiger partial charge in [-0.05, 0) is 30.7 Å². The largest absolute Gasteiger partial charge is 0.323 e. The van der Waals surface area contributed by atoms with Gasteiger partial charge >= 0.3 is 6.03 Å². The van der Waals surface area contributed by atoms with Gasteiger partial charge in [0, 0.05) is 13.1 Å². The van der Waals surface area contributed by atoms with Crippen molar-refractivity contribution >= 4 is 21.6 Å². The molecule has 0 aliphatic carbocycles. The standard InChI is InChI=1S/C17H17FN2O3S/c18-15-8-4-5-9-16(15)19-17(21)20-11-10-14(12-20)24(22,23)13-6-2-1-3-7-13/h1-9,14H,10-12H2,(H,19,21). The van der Waals surface area contributed by atoms with E-state index in [1.54, 1.807) is 36.4 Å². The second-order valence-electron chi connectivity index (χ2n) is 5.62. The molecule has 2 amide bonds. The number of nitrogens with one attached hydrogen (secondary N) is 1. The molecule has 126 valence electrons. The summed E-state index contributed by atoms with van der Waals surface area (Å²) in [6.45, 7) is 0.411. The van der Waals surface area contributed by atoms with Crippen molar-refractivity contribution in [3.05, 3.63) is 60.4 Å². The van der Waals surface area contributed by atoms with Crippen LogP contribution < -0.4 is 5.32 Å². The summed E-state index contributed by atoms with van der Waals surface area (Å²) in [5.74, 6) is -0.529. The molecule has 1 N–H and O–H groups in total. The molecule has 1 heterocycles. The summed E-state index contributed by atoms with van der Waals surface area (Å²) in [4.78, 5) is 13.9. The lowest BCUT2D eigenvalue weighted by atomic mass is 10.3. The first-order valence-corrected chi connectivity index (χ1v) is 9.12. The van der Waals surface area contributed by atoms with Crippen LogP contribution in [0.5, 0.6) is 0 Å². The van der Waals surface area contributed by atoms with E-state index in [4.69, 9.17) is 0 Å². The van der Waals surface area contributed by atoms with Gasteiger partial charge in [0.1, 0.15) is 5.82 Å². The van der Waals surface area contributed by atoms with Gasteiger partial charge in [-0.15, -0.1) is 0 Å². The summed E-state index contributed by atoms with van der Waals surface area (Å²) in [5.41, 5.74) is 0.0804. The lowest BCUT2D eigenvalue weighted by Crippen LogP contribution is -2.35. The first-order chi connectivity index (χ1) is 11.5. The maximum atomic E-state index is 13.6. The van der Waals surface area contributed by atoms with Crippen LogP contribution in [0.15, 0.2) is 59.5 Å². The fraction of sp³-hybridized carbons (Fsp3) is 0.235. The van der Waals surface area contributed by atoms with Crippen molar-refractivity contribution in [2.24, 2.45) is 0 Å². The van der Waals surface area contributed by atoms with E-state index in [0.29, 0.717) is 13.0 Å². The van der Waals surface area contributed by atoms with Gasteiger partial charge in [0.25, 0.3) is 0 Å². The zero-order chi connectivity index (χ0) is 17.2. The predicted octanol–water partition coefficient (Wildman–Crippen LogP) is 2.91. The molecule has 1 atom stereocenters. The van der Waals surface area contributed by atoms with Crippen molar-refractivity contribution in [3.63, 3.8) is 0 Å². The molecular weight excluding hydrogens is 331 g/mol. The summed E-state index contributed by atoms with van der Waals surface area (Å²) >= 11 is 0. The molecule has 2 aromatic rings. The van der Waals surface area contributed by atoms with Crippen LogP contribution in [0.25, 0.3) is 0 Å². The number of benzene rings is 2. The number of amides is 2. The maximum Gasteiger partial charge on any atom is 0.321 e. The Labute approximate surface area is 140 Å². The van der Waals surface area contributed by atoms with Gasteiger partial charge in [0.15, 0.2) is 9.84 Å². The summed E-state index contributed by atoms with van der Waals surface area (Å²) in [6.07, 6.45) is 0.363. The van der Waals surface area contributed by atoms with Crippen LogP contribution in [-0.4, -0.2) is 37.7 Å². The first kappa shape index (κ1) is 16.4. The third-order valence-corrected chi connectivity index (χ3v) is 6.25. The Kier molecular flexibility index (Phi) is 4.53. The highest BCUT2D eigenvalue weighted by Gasteiger charge is 2.36. The Morgan fingerprint density at radius 1 is 1.08 bits per heavy atom. The average molecular weight is 348 g/mol. The number of sulfone groups is 1. The Balaban J connectivity index is 1.69. The van der Waals surface area contributed by atoms with E-state index in [9.17, 15) is 17.6 Å². The fourth-order valence-electron chi connectivity index (χ4n) is 2.73. The van der Waals surface area contributed by atoms with Crippen LogP contribution in [-0.2, 0) is 9.84 Å². The zero-order valence-electron chi connectivity index (χ0n) is 12.9. The summed E-state index contributed by atoms with van der Waals surface area (Å²) in [5, 5.41) is 1.83. The molecule has 0 bridgehead atoms. The van der Waals surface area contributed by atoms with Crippen LogP contribution in [0, 0.1) is 5.82 Å². The highest BCUT2D eigenvalue weighted by molar-refractivity contribution is 7.92. The number of hydrogen-bond donors (Lipinski definition) is 1. The Morgan fingerprint density at radius 2 is 1.75 bits per heavy atom. The van der Waals surface area contributed by atoms with Crippen LogP contribution in [0.4, 0.5) is 14.9 Å². The average Bonchev–Trinajstić information content (AvgIpc) is 3.09. The number of nitrogens with zero attached hydrogens (tertiary/aromatic N) is 1. The molecule has 1 unspecified atom stereocenters. The van der Waals surface area contributed by atoms with Crippen LogP contribution in [0.1, 0.15) is 6.42 Å². The van der Waals surface area contributed by atoms with Crippen molar-refractivity contribution < 1.29 is 17.6 Å². The van der Waals surface area contributed by atoms with Crippen molar-refractivity contribution in [2.45, 2.75) is 16.6 Å². The third-order valence-electron chi connectivity index (χ3n) is 4.06. The van der Waals surface area contributed by atoms with Gasteiger partial charge in [-0.2, -0.15) is 0 Å². The minimum absolute atomic E-state index is 0.0804. The Bertz CT molecular complexity index is 840. The van der Waals surface area contributed by atoms with Crippen LogP contribution in [0.3, 0.4) is 0 Å². The maximum absolute atomic E-state index is 13.6. The number of para-hydroxylation sites is 1. The lowest BCUT2D eigenvalue weighted by Gasteiger charge is -2.18. The lowest BCUT2D eigenvalue weighted by molar-refractivity contribution is 0.222. The molecule has 2 aromatic carbocycles. The number of carbonyl (C=O) groups excluding carboxylic acids is 1. The van der Waals surface area contributed by atoms with Gasteiger partial charge < -0.3 is 10.2 Å². The second-order valence-corrected chi connectivity index (χ2v) is 7.85. The van der Waals surface area contributed by atoms with E-state index in [1.807, 2.05) is 0 Å². The van der Waals surface area contributed by atoms with Gasteiger partial charge in [-0.1, -0.05) is 30.3 Å². The summed E-state index contributed by atoms with van der Waals surface area (Å²) < 4.78 is 38.8. The molecular formula is C17H17FN2O3S. The van der Waals surface area contributed by atoms with Crippen molar-refractivity contribution in [1.82, 2.24) is 4.90 Å². The summed E-state index contributed by atoms with van der Waals surface area (Å²) in [7, 11) is -3.48. The van der Waals surface area contributed by atoms with Gasteiger partial charge in [-0.3, -0.25) is 0 Å². The normalized spacial score (nSPS) is 17.7. The second kappa shape index (κ2) is 6.60. The molecule has 1 saturated heterocycles. The molecule has 0 radical (unpaired) electrons. The molecule has 7 heteroatoms. The smallest absolute Gasteiger partial charge is 0.321 e. The Morgan fingerprint density at radius 3 is 2.46 bits per heavy atom. The number of anilines is 1. The number of carbonyl (C=O) groups is 1. The molecule has 1 fully saturated rings. The SMILES string of the molecule is O=C(Nc1ccccc1F)N1CCC(S(=O)(=O)c2ccccc2)C1. The van der Waals surface area contributed by atoms with E-state index in [-0.39, 0.29) is 17.1 Å². The van der Waals surface area contributed by atoms with Crippen molar-refractivity contribution in [1.29, 1.82) is 0 Å². The monoisotopic (exact) mass is 348 g/mol. The van der Waals surface area contributed by atoms with Gasteiger partial charge in [0.05, 0.1) is 15.8 Å². The molecule has 0 aromatic heterocycles. The van der Waals surface area contributed by atoms with Crippen molar-refractivity contribution in [2.75, 3.05) is 18.4 Å². The topological polar surface area (TPSA) is 66.5 Å². The fourth-order valence-corrected chi connectivity index (χ4v) is 4.44. The number of rotatable bonds is 3. The minimum Gasteiger partial charge on any atom is -0.323 e. The number of likely N-dealkylation sites (tertiary alicyclic amines) is 1. The van der Waals surface area contributed by atoms with Gasteiger partial charge in [-0.25, -0.2) is 17.6 Å². The van der Waals surface area contributed by atoms with E-state index in [0.717, 1.165) is 0 Å². The quantitative estimate of drug-likeness (QED) is 0.927. The van der Waals surface area contributed by atoms with Crippen molar-refractivity contribution in [3.8, 4) is 0 Å². The summed E-state index contributed by atoms with van der Waals surface area (Å²) in [6, 6.07) is 13.6. The molecule has 3 rings (SSSR count). The highest BCUT2D eigenvalue weighted by Crippen LogP contribution is 2.24. The van der Waals surface area contributed by atoms with E-state index >= 15 is 0 Å². The van der Waals surface area contributed by atoms with E-state index in [1.165, 1.54) is 23.1 Å². The molecule has 0 spiro atoms. The number of halogens is 1. The van der Waals surface area contributed by atoms with Crippen LogP contribution >= 0.6 is 0 Å². The van der Waals surface area contributed by atoms with Crippen LogP contribution in [0.2, 0.25) is 0 Å².